The summed E-state index contributed by atoms with van der Waals surface area (Å²) in [6, 6.07) is 6.80. The molecule has 1 aromatic rings. The van der Waals surface area contributed by atoms with Gasteiger partial charge in [0, 0.05) is 12.3 Å². The van der Waals surface area contributed by atoms with Gasteiger partial charge in [-0.05, 0) is 24.1 Å². The monoisotopic (exact) mass is 227 g/mol. The van der Waals surface area contributed by atoms with E-state index >= 15 is 0 Å². The Bertz CT molecular complexity index is 409. The molecule has 1 rings (SSSR count). The lowest BCUT2D eigenvalue weighted by Gasteiger charge is -2.10. The van der Waals surface area contributed by atoms with Gasteiger partial charge in [-0.15, -0.1) is 0 Å². The number of benzene rings is 1. The lowest BCUT2D eigenvalue weighted by molar-refractivity contribution is 0.601. The molecule has 3 nitrogen and oxygen atoms in total. The molecule has 2 N–H and O–H groups in total. The minimum atomic E-state index is -3.10. The summed E-state index contributed by atoms with van der Waals surface area (Å²) in [5.41, 5.74) is 6.91. The zero-order valence-electron chi connectivity index (χ0n) is 9.10. The molecule has 84 valence electrons. The van der Waals surface area contributed by atoms with Crippen LogP contribution in [0.3, 0.4) is 0 Å². The van der Waals surface area contributed by atoms with Gasteiger partial charge in [0.1, 0.15) is 0 Å². The average Bonchev–Trinajstić information content (AvgIpc) is 2.17. The van der Waals surface area contributed by atoms with Crippen LogP contribution in [-0.4, -0.2) is 14.7 Å². The van der Waals surface area contributed by atoms with E-state index in [1.54, 1.807) is 24.3 Å². The number of hydrogen-bond donors (Lipinski definition) is 1. The third-order valence-electron chi connectivity index (χ3n) is 2.34. The second-order valence-corrected chi connectivity index (χ2v) is 5.75. The Balaban J connectivity index is 2.90. The highest BCUT2D eigenvalue weighted by atomic mass is 32.2. The quantitative estimate of drug-likeness (QED) is 0.854. The summed E-state index contributed by atoms with van der Waals surface area (Å²) in [4.78, 5) is 0.343. The van der Waals surface area contributed by atoms with Crippen molar-refractivity contribution in [2.45, 2.75) is 30.7 Å². The van der Waals surface area contributed by atoms with Gasteiger partial charge in [0.25, 0.3) is 0 Å². The standard InChI is InChI=1S/C11H17NO2S/c1-3-4-11(12)9-5-7-10(8-6-9)15(2,13)14/h5-8,11H,3-4,12H2,1-2H3/t11-/m0/s1. The van der Waals surface area contributed by atoms with Crippen molar-refractivity contribution in [2.75, 3.05) is 6.26 Å². The minimum Gasteiger partial charge on any atom is -0.324 e. The SMILES string of the molecule is CCC[C@H](N)c1ccc(S(C)(=O)=O)cc1. The first kappa shape index (κ1) is 12.2. The van der Waals surface area contributed by atoms with Gasteiger partial charge in [0.05, 0.1) is 4.90 Å². The molecule has 0 heterocycles. The normalized spacial score (nSPS) is 13.8. The van der Waals surface area contributed by atoms with E-state index in [2.05, 4.69) is 6.92 Å². The van der Waals surface area contributed by atoms with Crippen molar-refractivity contribution in [2.24, 2.45) is 5.73 Å². The van der Waals surface area contributed by atoms with Crippen molar-refractivity contribution < 1.29 is 8.42 Å². The topological polar surface area (TPSA) is 60.2 Å². The highest BCUT2D eigenvalue weighted by molar-refractivity contribution is 7.90. The molecule has 0 aliphatic heterocycles. The maximum atomic E-state index is 11.2. The number of nitrogens with two attached hydrogens (primary N) is 1. The van der Waals surface area contributed by atoms with Gasteiger partial charge < -0.3 is 5.73 Å². The third-order valence-corrected chi connectivity index (χ3v) is 3.46. The van der Waals surface area contributed by atoms with Crippen LogP contribution in [0.1, 0.15) is 31.4 Å². The van der Waals surface area contributed by atoms with E-state index in [4.69, 9.17) is 5.73 Å². The molecule has 0 aromatic heterocycles. The first-order valence-corrected chi connectivity index (χ1v) is 6.90. The van der Waals surface area contributed by atoms with Gasteiger partial charge in [-0.25, -0.2) is 8.42 Å². The molecule has 0 saturated carbocycles. The van der Waals surface area contributed by atoms with Crippen LogP contribution in [0.15, 0.2) is 29.2 Å². The van der Waals surface area contributed by atoms with Crippen molar-refractivity contribution >= 4 is 9.84 Å². The largest absolute Gasteiger partial charge is 0.324 e. The van der Waals surface area contributed by atoms with Crippen molar-refractivity contribution in [3.8, 4) is 0 Å². The zero-order valence-corrected chi connectivity index (χ0v) is 9.92. The Morgan fingerprint density at radius 1 is 1.27 bits per heavy atom. The van der Waals surface area contributed by atoms with Crippen molar-refractivity contribution in [3.63, 3.8) is 0 Å². The second kappa shape index (κ2) is 4.77. The fraction of sp³-hybridized carbons (Fsp3) is 0.455. The Morgan fingerprint density at radius 3 is 2.20 bits per heavy atom. The summed E-state index contributed by atoms with van der Waals surface area (Å²) in [5.74, 6) is 0. The van der Waals surface area contributed by atoms with Crippen LogP contribution in [-0.2, 0) is 9.84 Å². The zero-order chi connectivity index (χ0) is 11.5. The van der Waals surface area contributed by atoms with Gasteiger partial charge in [-0.2, -0.15) is 0 Å². The molecule has 15 heavy (non-hydrogen) atoms. The lowest BCUT2D eigenvalue weighted by atomic mass is 10.0. The molecule has 0 spiro atoms. The van der Waals surface area contributed by atoms with Gasteiger partial charge in [-0.1, -0.05) is 25.5 Å². The van der Waals surface area contributed by atoms with Crippen LogP contribution in [0.4, 0.5) is 0 Å². The predicted molar refractivity (Wildman–Crippen MR) is 61.4 cm³/mol. The summed E-state index contributed by atoms with van der Waals surface area (Å²) in [6.07, 6.45) is 3.14. The van der Waals surface area contributed by atoms with E-state index in [1.807, 2.05) is 0 Å². The van der Waals surface area contributed by atoms with Gasteiger partial charge >= 0.3 is 0 Å². The molecular weight excluding hydrogens is 210 g/mol. The minimum absolute atomic E-state index is 0.00334. The molecule has 4 heteroatoms. The van der Waals surface area contributed by atoms with E-state index < -0.39 is 9.84 Å². The molecule has 0 fully saturated rings. The molecule has 0 aliphatic carbocycles. The van der Waals surface area contributed by atoms with Crippen molar-refractivity contribution in [1.29, 1.82) is 0 Å². The van der Waals surface area contributed by atoms with E-state index in [-0.39, 0.29) is 6.04 Å². The lowest BCUT2D eigenvalue weighted by Crippen LogP contribution is -2.09. The summed E-state index contributed by atoms with van der Waals surface area (Å²) in [5, 5.41) is 0. The maximum absolute atomic E-state index is 11.2. The first-order valence-electron chi connectivity index (χ1n) is 5.00. The highest BCUT2D eigenvalue weighted by Crippen LogP contribution is 2.18. The molecule has 0 amide bonds. The summed E-state index contributed by atoms with van der Waals surface area (Å²) >= 11 is 0. The van der Waals surface area contributed by atoms with Crippen LogP contribution in [0.2, 0.25) is 0 Å². The fourth-order valence-electron chi connectivity index (χ4n) is 1.44. The van der Waals surface area contributed by atoms with Crippen LogP contribution in [0.5, 0.6) is 0 Å². The summed E-state index contributed by atoms with van der Waals surface area (Å²) in [7, 11) is -3.10. The Hall–Kier alpha value is -0.870. The second-order valence-electron chi connectivity index (χ2n) is 3.74. The van der Waals surface area contributed by atoms with Crippen molar-refractivity contribution in [1.82, 2.24) is 0 Å². The molecule has 1 atom stereocenters. The Morgan fingerprint density at radius 2 is 1.80 bits per heavy atom. The fourth-order valence-corrected chi connectivity index (χ4v) is 2.07. The highest BCUT2D eigenvalue weighted by Gasteiger charge is 2.08. The average molecular weight is 227 g/mol. The predicted octanol–water partition coefficient (Wildman–Crippen LogP) is 1.89. The van der Waals surface area contributed by atoms with E-state index in [0.29, 0.717) is 4.90 Å². The smallest absolute Gasteiger partial charge is 0.175 e. The van der Waals surface area contributed by atoms with Crippen LogP contribution < -0.4 is 5.73 Å². The van der Waals surface area contributed by atoms with Crippen LogP contribution in [0.25, 0.3) is 0 Å². The molecule has 0 bridgehead atoms. The van der Waals surface area contributed by atoms with E-state index in [9.17, 15) is 8.42 Å². The Kier molecular flexibility index (Phi) is 3.88. The molecule has 0 radical (unpaired) electrons. The van der Waals surface area contributed by atoms with Crippen LogP contribution >= 0.6 is 0 Å². The third kappa shape index (κ3) is 3.32. The molecule has 0 unspecified atom stereocenters. The molecule has 0 aliphatic rings. The Labute approximate surface area is 91.2 Å². The summed E-state index contributed by atoms with van der Waals surface area (Å²) < 4.78 is 22.4. The van der Waals surface area contributed by atoms with E-state index in [1.165, 1.54) is 6.26 Å². The molecule has 1 aromatic carbocycles. The van der Waals surface area contributed by atoms with E-state index in [0.717, 1.165) is 18.4 Å². The number of sulfone groups is 1. The maximum Gasteiger partial charge on any atom is 0.175 e. The first-order chi connectivity index (χ1) is 6.95. The van der Waals surface area contributed by atoms with Crippen LogP contribution in [0, 0.1) is 0 Å². The number of rotatable bonds is 4. The number of hydrogen-bond acceptors (Lipinski definition) is 3. The molecular formula is C11H17NO2S. The van der Waals surface area contributed by atoms with Gasteiger partial charge in [0.15, 0.2) is 9.84 Å². The molecule has 0 saturated heterocycles. The van der Waals surface area contributed by atoms with Crippen molar-refractivity contribution in [3.05, 3.63) is 29.8 Å². The summed E-state index contributed by atoms with van der Waals surface area (Å²) in [6.45, 7) is 2.07. The van der Waals surface area contributed by atoms with Gasteiger partial charge in [-0.3, -0.25) is 0 Å². The van der Waals surface area contributed by atoms with Gasteiger partial charge in [0.2, 0.25) is 0 Å².